The Bertz CT molecular complexity index is 1110. The van der Waals surface area contributed by atoms with Crippen LogP contribution in [0.5, 0.6) is 11.8 Å². The third-order valence-electron chi connectivity index (χ3n) is 4.29. The van der Waals surface area contributed by atoms with E-state index in [1.807, 2.05) is 51.4 Å². The second-order valence-corrected chi connectivity index (χ2v) is 6.98. The quantitative estimate of drug-likeness (QED) is 0.486. The molecule has 4 aromatic rings. The third kappa shape index (κ3) is 4.47. The van der Waals surface area contributed by atoms with Crippen LogP contribution in [0, 0.1) is 6.92 Å². The largest absolute Gasteiger partial charge is 0.424 e. The fourth-order valence-electron chi connectivity index (χ4n) is 2.91. The summed E-state index contributed by atoms with van der Waals surface area (Å²) in [4.78, 5) is 14.9. The Balaban J connectivity index is 1.61. The van der Waals surface area contributed by atoms with Crippen LogP contribution in [0.2, 0.25) is 0 Å². The normalized spacial score (nSPS) is 11.0. The zero-order valence-electron chi connectivity index (χ0n) is 16.5. The molecule has 29 heavy (non-hydrogen) atoms. The fraction of sp³-hybridized carbons (Fsp3) is 0.182. The highest BCUT2D eigenvalue weighted by molar-refractivity contribution is 5.62. The van der Waals surface area contributed by atoms with Crippen molar-refractivity contribution in [2.45, 2.75) is 13.5 Å². The van der Waals surface area contributed by atoms with Crippen LogP contribution < -0.4 is 4.74 Å². The van der Waals surface area contributed by atoms with Crippen LogP contribution in [0.1, 0.15) is 11.1 Å². The van der Waals surface area contributed by atoms with Crippen molar-refractivity contribution in [2.24, 2.45) is 0 Å². The Hall–Kier alpha value is -3.58. The summed E-state index contributed by atoms with van der Waals surface area (Å²) < 4.78 is 11.3. The number of rotatable bonds is 6. The molecule has 0 N–H and O–H groups in total. The zero-order chi connectivity index (χ0) is 20.2. The first-order chi connectivity index (χ1) is 14.1. The van der Waals surface area contributed by atoms with E-state index < -0.39 is 0 Å². The van der Waals surface area contributed by atoms with Gasteiger partial charge in [-0.15, -0.1) is 0 Å². The minimum Gasteiger partial charge on any atom is -0.424 e. The maximum Gasteiger partial charge on any atom is 0.321 e. The van der Waals surface area contributed by atoms with E-state index in [0.717, 1.165) is 23.2 Å². The molecule has 0 unspecified atom stereocenters. The summed E-state index contributed by atoms with van der Waals surface area (Å²) in [6.07, 6.45) is 3.27. The summed E-state index contributed by atoms with van der Waals surface area (Å²) in [5.41, 5.74) is 3.83. The topological polar surface area (TPSA) is 77.2 Å². The van der Waals surface area contributed by atoms with E-state index in [0.29, 0.717) is 23.5 Å². The van der Waals surface area contributed by atoms with Crippen molar-refractivity contribution in [1.82, 2.24) is 25.0 Å². The van der Waals surface area contributed by atoms with Crippen LogP contribution in [0.15, 0.2) is 65.4 Å². The molecule has 2 aromatic heterocycles. The molecule has 0 aliphatic carbocycles. The van der Waals surface area contributed by atoms with Crippen LogP contribution in [0.4, 0.5) is 0 Å². The van der Waals surface area contributed by atoms with E-state index in [-0.39, 0.29) is 0 Å². The lowest BCUT2D eigenvalue weighted by atomic mass is 10.1. The molecule has 0 aliphatic heterocycles. The molecule has 0 radical (unpaired) electrons. The van der Waals surface area contributed by atoms with E-state index in [2.05, 4.69) is 37.1 Å². The maximum absolute atomic E-state index is 5.80. The first-order valence-electron chi connectivity index (χ1n) is 9.22. The number of ether oxygens (including phenoxy) is 1. The van der Waals surface area contributed by atoms with Crippen molar-refractivity contribution in [1.29, 1.82) is 0 Å². The molecule has 0 saturated heterocycles. The van der Waals surface area contributed by atoms with Gasteiger partial charge in [0.05, 0.1) is 0 Å². The number of hydrogen-bond donors (Lipinski definition) is 0. The van der Waals surface area contributed by atoms with Gasteiger partial charge in [-0.2, -0.15) is 4.98 Å². The molecule has 4 rings (SSSR count). The van der Waals surface area contributed by atoms with Gasteiger partial charge in [-0.25, -0.2) is 9.97 Å². The Morgan fingerprint density at radius 1 is 0.966 bits per heavy atom. The van der Waals surface area contributed by atoms with Crippen molar-refractivity contribution in [3.05, 3.63) is 72.1 Å². The average Bonchev–Trinajstić information content (AvgIpc) is 3.20. The Labute approximate surface area is 169 Å². The molecule has 0 aliphatic rings. The number of nitrogens with zero attached hydrogens (tertiary/aromatic N) is 5. The monoisotopic (exact) mass is 387 g/mol. The van der Waals surface area contributed by atoms with Gasteiger partial charge in [0.2, 0.25) is 5.82 Å². The third-order valence-corrected chi connectivity index (χ3v) is 4.29. The number of benzene rings is 2. The van der Waals surface area contributed by atoms with E-state index in [1.54, 1.807) is 18.5 Å². The summed E-state index contributed by atoms with van der Waals surface area (Å²) in [7, 11) is 4.07. The molecule has 7 nitrogen and oxygen atoms in total. The van der Waals surface area contributed by atoms with E-state index in [9.17, 15) is 0 Å². The van der Waals surface area contributed by atoms with Crippen LogP contribution in [0.3, 0.4) is 0 Å². The van der Waals surface area contributed by atoms with Gasteiger partial charge in [-0.1, -0.05) is 29.4 Å². The predicted molar refractivity (Wildman–Crippen MR) is 109 cm³/mol. The molecule has 146 valence electrons. The Morgan fingerprint density at radius 3 is 2.59 bits per heavy atom. The molecule has 0 spiro atoms. The van der Waals surface area contributed by atoms with Crippen molar-refractivity contribution in [3.8, 4) is 34.6 Å². The van der Waals surface area contributed by atoms with Crippen LogP contribution in [0.25, 0.3) is 22.8 Å². The molecule has 0 amide bonds. The summed E-state index contributed by atoms with van der Waals surface area (Å²) >= 11 is 0. The lowest BCUT2D eigenvalue weighted by Gasteiger charge is -2.09. The minimum absolute atomic E-state index is 0.291. The van der Waals surface area contributed by atoms with Gasteiger partial charge < -0.3 is 14.2 Å². The molecule has 2 heterocycles. The first kappa shape index (κ1) is 18.8. The molecule has 7 heteroatoms. The van der Waals surface area contributed by atoms with Gasteiger partial charge in [0, 0.05) is 30.1 Å². The van der Waals surface area contributed by atoms with Crippen LogP contribution in [-0.4, -0.2) is 39.1 Å². The summed E-state index contributed by atoms with van der Waals surface area (Å²) in [6, 6.07) is 15.9. The SMILES string of the molecule is Cc1ccc(-c2noc(-c3cccc(CN(C)C)c3)n2)cc1Oc1ncccn1. The van der Waals surface area contributed by atoms with Crippen LogP contribution in [-0.2, 0) is 6.54 Å². The van der Waals surface area contributed by atoms with Gasteiger partial charge in [-0.05, 0) is 56.4 Å². The van der Waals surface area contributed by atoms with E-state index >= 15 is 0 Å². The lowest BCUT2D eigenvalue weighted by Crippen LogP contribution is -2.10. The van der Waals surface area contributed by atoms with Crippen molar-refractivity contribution in [2.75, 3.05) is 14.1 Å². The first-order valence-corrected chi connectivity index (χ1v) is 9.22. The van der Waals surface area contributed by atoms with Crippen molar-refractivity contribution in [3.63, 3.8) is 0 Å². The average molecular weight is 387 g/mol. The highest BCUT2D eigenvalue weighted by Gasteiger charge is 2.13. The molecule has 0 saturated carbocycles. The number of aromatic nitrogens is 4. The Kier molecular flexibility index (Phi) is 5.31. The molecule has 0 fully saturated rings. The highest BCUT2D eigenvalue weighted by Crippen LogP contribution is 2.29. The number of aryl methyl sites for hydroxylation is 1. The maximum atomic E-state index is 5.80. The van der Waals surface area contributed by atoms with Gasteiger partial charge in [-0.3, -0.25) is 0 Å². The lowest BCUT2D eigenvalue weighted by molar-refractivity contribution is 0.402. The van der Waals surface area contributed by atoms with Gasteiger partial charge in [0.25, 0.3) is 5.89 Å². The van der Waals surface area contributed by atoms with Gasteiger partial charge >= 0.3 is 6.01 Å². The molecular weight excluding hydrogens is 366 g/mol. The van der Waals surface area contributed by atoms with Crippen LogP contribution >= 0.6 is 0 Å². The standard InChI is InChI=1S/C22H21N5O2/c1-15-8-9-17(13-19(15)28-22-23-10-5-11-24-22)20-25-21(29-26-20)18-7-4-6-16(12-18)14-27(2)3/h4-13H,14H2,1-3H3. The minimum atomic E-state index is 0.291. The molecule has 0 bridgehead atoms. The predicted octanol–water partition coefficient (Wildman–Crippen LogP) is 4.36. The second-order valence-electron chi connectivity index (χ2n) is 6.98. The number of hydrogen-bond acceptors (Lipinski definition) is 7. The van der Waals surface area contributed by atoms with Crippen molar-refractivity contribution < 1.29 is 9.26 Å². The smallest absolute Gasteiger partial charge is 0.321 e. The Morgan fingerprint density at radius 2 is 1.79 bits per heavy atom. The molecule has 2 aromatic carbocycles. The second kappa shape index (κ2) is 8.20. The van der Waals surface area contributed by atoms with E-state index in [4.69, 9.17) is 9.26 Å². The van der Waals surface area contributed by atoms with E-state index in [1.165, 1.54) is 5.56 Å². The fourth-order valence-corrected chi connectivity index (χ4v) is 2.91. The summed E-state index contributed by atoms with van der Waals surface area (Å²) in [5.74, 6) is 1.62. The summed E-state index contributed by atoms with van der Waals surface area (Å²) in [6.45, 7) is 2.80. The van der Waals surface area contributed by atoms with Crippen molar-refractivity contribution >= 4 is 0 Å². The van der Waals surface area contributed by atoms with Gasteiger partial charge in [0.15, 0.2) is 0 Å². The molecular formula is C22H21N5O2. The summed E-state index contributed by atoms with van der Waals surface area (Å²) in [5, 5.41) is 4.15. The van der Waals surface area contributed by atoms with Gasteiger partial charge in [0.1, 0.15) is 5.75 Å². The molecule has 0 atom stereocenters. The zero-order valence-corrected chi connectivity index (χ0v) is 16.5. The highest BCUT2D eigenvalue weighted by atomic mass is 16.5.